The van der Waals surface area contributed by atoms with E-state index in [0.29, 0.717) is 23.7 Å². The monoisotopic (exact) mass is 489 g/mol. The maximum absolute atomic E-state index is 13.3. The molecule has 2 amide bonds. The molecule has 1 fully saturated rings. The van der Waals surface area contributed by atoms with Gasteiger partial charge in [0, 0.05) is 32.2 Å². The fourth-order valence-electron chi connectivity index (χ4n) is 5.04. The van der Waals surface area contributed by atoms with Gasteiger partial charge in [-0.15, -0.1) is 0 Å². The third-order valence-electron chi connectivity index (χ3n) is 7.19. The van der Waals surface area contributed by atoms with Crippen LogP contribution in [0.2, 0.25) is 0 Å². The van der Waals surface area contributed by atoms with Crippen molar-refractivity contribution in [2.24, 2.45) is 0 Å². The quantitative estimate of drug-likeness (QED) is 0.430. The standard InChI is InChI=1S/C28H31N3O3S/c1-20(6-7-21-8-10-23(34-2)11-9-21)29-13-15-30(16-14-29)25-5-3-4-24-26(25)28(33)31(27(24)32)18-22-12-17-35-19-22/h3-5,8-12,17,19-20H,6-7,13-16,18H2,1-2H3. The topological polar surface area (TPSA) is 53.1 Å². The number of methoxy groups -OCH3 is 1. The van der Waals surface area contributed by atoms with E-state index in [0.717, 1.165) is 56.0 Å². The van der Waals surface area contributed by atoms with E-state index < -0.39 is 0 Å². The number of aryl methyl sites for hydroxylation is 1. The first-order valence-corrected chi connectivity index (χ1v) is 13.1. The molecule has 1 aromatic heterocycles. The zero-order chi connectivity index (χ0) is 24.4. The second-order valence-corrected chi connectivity index (χ2v) is 10.1. The lowest BCUT2D eigenvalue weighted by atomic mass is 10.0. The van der Waals surface area contributed by atoms with E-state index in [1.54, 1.807) is 24.5 Å². The highest BCUT2D eigenvalue weighted by atomic mass is 32.1. The second-order valence-electron chi connectivity index (χ2n) is 9.29. The molecule has 1 atom stereocenters. The van der Waals surface area contributed by atoms with Crippen molar-refractivity contribution < 1.29 is 14.3 Å². The van der Waals surface area contributed by atoms with Crippen LogP contribution < -0.4 is 9.64 Å². The Kier molecular flexibility index (Phi) is 6.88. The van der Waals surface area contributed by atoms with Crippen molar-refractivity contribution in [2.45, 2.75) is 32.4 Å². The number of carbonyl (C=O) groups is 2. The SMILES string of the molecule is COc1ccc(CCC(C)N2CCN(c3cccc4c3C(=O)N(Cc3ccsc3)C4=O)CC2)cc1. The predicted molar refractivity (Wildman–Crippen MR) is 140 cm³/mol. The zero-order valence-electron chi connectivity index (χ0n) is 20.3. The van der Waals surface area contributed by atoms with Crippen LogP contribution in [0.3, 0.4) is 0 Å². The number of nitrogens with zero attached hydrogens (tertiary/aromatic N) is 3. The van der Waals surface area contributed by atoms with Gasteiger partial charge in [0.25, 0.3) is 11.8 Å². The molecule has 1 saturated heterocycles. The number of rotatable bonds is 8. The first-order chi connectivity index (χ1) is 17.0. The predicted octanol–water partition coefficient (Wildman–Crippen LogP) is 4.70. The number of fused-ring (bicyclic) bond motifs is 1. The van der Waals surface area contributed by atoms with E-state index >= 15 is 0 Å². The summed E-state index contributed by atoms with van der Waals surface area (Å²) in [6, 6.07) is 16.4. The number of thiophene rings is 1. The van der Waals surface area contributed by atoms with Crippen LogP contribution in [0.4, 0.5) is 5.69 Å². The summed E-state index contributed by atoms with van der Waals surface area (Å²) in [5.74, 6) is 0.519. The van der Waals surface area contributed by atoms with E-state index in [1.807, 2.05) is 41.1 Å². The molecule has 182 valence electrons. The number of imide groups is 1. The lowest BCUT2D eigenvalue weighted by molar-refractivity contribution is 0.0642. The normalized spacial score (nSPS) is 17.1. The van der Waals surface area contributed by atoms with Gasteiger partial charge in [-0.25, -0.2) is 0 Å². The number of amides is 2. The fraction of sp³-hybridized carbons (Fsp3) is 0.357. The van der Waals surface area contributed by atoms with E-state index in [2.05, 4.69) is 28.9 Å². The lowest BCUT2D eigenvalue weighted by Crippen LogP contribution is -2.50. The summed E-state index contributed by atoms with van der Waals surface area (Å²) in [5.41, 5.74) is 4.29. The van der Waals surface area contributed by atoms with Gasteiger partial charge in [-0.3, -0.25) is 19.4 Å². The van der Waals surface area contributed by atoms with Gasteiger partial charge < -0.3 is 9.64 Å². The maximum Gasteiger partial charge on any atom is 0.263 e. The summed E-state index contributed by atoms with van der Waals surface area (Å²) in [6.45, 7) is 6.19. The molecule has 2 aliphatic heterocycles. The van der Waals surface area contributed by atoms with Gasteiger partial charge in [0.05, 0.1) is 30.5 Å². The van der Waals surface area contributed by atoms with Gasteiger partial charge in [0.1, 0.15) is 5.75 Å². The number of hydrogen-bond acceptors (Lipinski definition) is 6. The molecule has 0 bridgehead atoms. The molecule has 0 spiro atoms. The number of carbonyl (C=O) groups excluding carboxylic acids is 2. The molecule has 0 N–H and O–H groups in total. The van der Waals surface area contributed by atoms with Crippen LogP contribution >= 0.6 is 11.3 Å². The summed E-state index contributed by atoms with van der Waals surface area (Å²) in [6.07, 6.45) is 2.13. The molecule has 0 saturated carbocycles. The highest BCUT2D eigenvalue weighted by molar-refractivity contribution is 7.07. The molecule has 3 aromatic rings. The summed E-state index contributed by atoms with van der Waals surface area (Å²) in [7, 11) is 1.69. The van der Waals surface area contributed by atoms with E-state index in [-0.39, 0.29) is 11.8 Å². The second kappa shape index (κ2) is 10.2. The van der Waals surface area contributed by atoms with E-state index in [9.17, 15) is 9.59 Å². The molecular formula is C28H31N3O3S. The Balaban J connectivity index is 1.21. The number of benzene rings is 2. The van der Waals surface area contributed by atoms with Crippen molar-refractivity contribution in [3.8, 4) is 5.75 Å². The third-order valence-corrected chi connectivity index (χ3v) is 7.92. The summed E-state index contributed by atoms with van der Waals surface area (Å²) in [4.78, 5) is 32.5. The molecule has 0 aliphatic carbocycles. The van der Waals surface area contributed by atoms with Crippen LogP contribution in [-0.4, -0.2) is 60.9 Å². The lowest BCUT2D eigenvalue weighted by Gasteiger charge is -2.39. The molecule has 1 unspecified atom stereocenters. The van der Waals surface area contributed by atoms with Crippen LogP contribution in [0.5, 0.6) is 5.75 Å². The Hall–Kier alpha value is -3.16. The van der Waals surface area contributed by atoms with Crippen LogP contribution in [0.15, 0.2) is 59.3 Å². The minimum atomic E-state index is -0.191. The number of piperazine rings is 1. The highest BCUT2D eigenvalue weighted by Crippen LogP contribution is 2.33. The van der Waals surface area contributed by atoms with Crippen LogP contribution in [-0.2, 0) is 13.0 Å². The van der Waals surface area contributed by atoms with Gasteiger partial charge in [-0.05, 0) is 72.0 Å². The molecule has 35 heavy (non-hydrogen) atoms. The van der Waals surface area contributed by atoms with Crippen LogP contribution in [0, 0.1) is 0 Å². The smallest absolute Gasteiger partial charge is 0.263 e. The Morgan fingerprint density at radius 3 is 2.40 bits per heavy atom. The molecule has 7 heteroatoms. The molecule has 5 rings (SSSR count). The van der Waals surface area contributed by atoms with Gasteiger partial charge >= 0.3 is 0 Å². The third kappa shape index (κ3) is 4.83. The minimum Gasteiger partial charge on any atom is -0.497 e. The molecule has 0 radical (unpaired) electrons. The Bertz CT molecular complexity index is 1180. The van der Waals surface area contributed by atoms with Crippen LogP contribution in [0.25, 0.3) is 0 Å². The zero-order valence-corrected chi connectivity index (χ0v) is 21.1. The fourth-order valence-corrected chi connectivity index (χ4v) is 5.70. The first-order valence-electron chi connectivity index (χ1n) is 12.2. The number of hydrogen-bond donors (Lipinski definition) is 0. The van der Waals surface area contributed by atoms with E-state index in [1.165, 1.54) is 10.5 Å². The van der Waals surface area contributed by atoms with Crippen molar-refractivity contribution in [3.63, 3.8) is 0 Å². The van der Waals surface area contributed by atoms with E-state index in [4.69, 9.17) is 4.74 Å². The largest absolute Gasteiger partial charge is 0.497 e. The molecule has 3 heterocycles. The number of ether oxygens (including phenoxy) is 1. The van der Waals surface area contributed by atoms with Gasteiger partial charge in [0.15, 0.2) is 0 Å². The van der Waals surface area contributed by atoms with Crippen molar-refractivity contribution in [2.75, 3.05) is 38.2 Å². The maximum atomic E-state index is 13.3. The van der Waals surface area contributed by atoms with Crippen LogP contribution in [0.1, 0.15) is 45.2 Å². The summed E-state index contributed by atoms with van der Waals surface area (Å²) in [5, 5.41) is 3.95. The molecule has 6 nitrogen and oxygen atoms in total. The highest BCUT2D eigenvalue weighted by Gasteiger charge is 2.38. The van der Waals surface area contributed by atoms with Crippen molar-refractivity contribution in [1.82, 2.24) is 9.80 Å². The van der Waals surface area contributed by atoms with Gasteiger partial charge in [-0.1, -0.05) is 18.2 Å². The van der Waals surface area contributed by atoms with Crippen molar-refractivity contribution in [3.05, 3.63) is 81.5 Å². The van der Waals surface area contributed by atoms with Crippen molar-refractivity contribution in [1.29, 1.82) is 0 Å². The Labute approximate surface area is 210 Å². The Morgan fingerprint density at radius 1 is 0.943 bits per heavy atom. The molecule has 2 aromatic carbocycles. The molecule has 2 aliphatic rings. The first kappa shape index (κ1) is 23.6. The summed E-state index contributed by atoms with van der Waals surface area (Å²) >= 11 is 1.57. The van der Waals surface area contributed by atoms with Gasteiger partial charge in [-0.2, -0.15) is 11.3 Å². The summed E-state index contributed by atoms with van der Waals surface area (Å²) < 4.78 is 5.25. The average molecular weight is 490 g/mol. The number of anilines is 1. The van der Waals surface area contributed by atoms with Crippen molar-refractivity contribution >= 4 is 28.8 Å². The minimum absolute atomic E-state index is 0.179. The molecular weight excluding hydrogens is 458 g/mol. The van der Waals surface area contributed by atoms with Gasteiger partial charge in [0.2, 0.25) is 0 Å². The average Bonchev–Trinajstić information content (AvgIpc) is 3.50. The Morgan fingerprint density at radius 2 is 1.71 bits per heavy atom.